The van der Waals surface area contributed by atoms with Crippen LogP contribution in [0.2, 0.25) is 20.1 Å². The van der Waals surface area contributed by atoms with Crippen LogP contribution in [0.1, 0.15) is 26.5 Å². The number of amides is 2. The topological polar surface area (TPSA) is 50.5 Å². The third-order valence-electron chi connectivity index (χ3n) is 3.08. The maximum absolute atomic E-state index is 12.4. The number of carbonyl (C=O) groups excluding carboxylic acids is 2. The Hall–Kier alpha value is -1.20. The van der Waals surface area contributed by atoms with Crippen LogP contribution in [0.15, 0.2) is 22.8 Å². The molecule has 8 heteroatoms. The first-order chi connectivity index (χ1) is 9.93. The highest BCUT2D eigenvalue weighted by Crippen LogP contribution is 2.45. The Morgan fingerprint density at radius 2 is 1.43 bits per heavy atom. The number of benzene rings is 1. The molecule has 0 saturated carbocycles. The van der Waals surface area contributed by atoms with Crippen LogP contribution in [0.5, 0.6) is 0 Å². The van der Waals surface area contributed by atoms with Gasteiger partial charge >= 0.3 is 0 Å². The number of hydrogen-bond acceptors (Lipinski definition) is 3. The lowest BCUT2D eigenvalue weighted by Gasteiger charge is -2.11. The Morgan fingerprint density at radius 1 is 0.905 bits per heavy atom. The fourth-order valence-electron chi connectivity index (χ4n) is 2.10. The maximum Gasteiger partial charge on any atom is 0.263 e. The van der Waals surface area contributed by atoms with Gasteiger partial charge in [0.15, 0.2) is 0 Å². The molecule has 3 rings (SSSR count). The van der Waals surface area contributed by atoms with Crippen LogP contribution in [-0.4, -0.2) is 16.7 Å². The predicted octanol–water partition coefficient (Wildman–Crippen LogP) is 4.69. The van der Waals surface area contributed by atoms with Gasteiger partial charge in [0, 0.05) is 0 Å². The van der Waals surface area contributed by atoms with E-state index in [4.69, 9.17) is 50.8 Å². The average molecular weight is 365 g/mol. The number of carbonyl (C=O) groups is 2. The van der Waals surface area contributed by atoms with Crippen LogP contribution in [0, 0.1) is 0 Å². The summed E-state index contributed by atoms with van der Waals surface area (Å²) in [6.07, 6.45) is 1.45. The third-order valence-corrected chi connectivity index (χ3v) is 4.88. The summed E-state index contributed by atoms with van der Waals surface area (Å²) in [6, 6.07) is 3.30. The summed E-state index contributed by atoms with van der Waals surface area (Å²) >= 11 is 23.9. The van der Waals surface area contributed by atoms with Gasteiger partial charge in [-0.05, 0) is 12.1 Å². The van der Waals surface area contributed by atoms with Gasteiger partial charge in [0.25, 0.3) is 11.8 Å². The number of imide groups is 1. The van der Waals surface area contributed by atoms with Gasteiger partial charge in [0.05, 0.1) is 44.0 Å². The molecule has 0 saturated heterocycles. The second-order valence-electron chi connectivity index (χ2n) is 4.28. The first-order valence-corrected chi connectivity index (χ1v) is 7.19. The number of halogens is 4. The molecule has 2 amide bonds. The van der Waals surface area contributed by atoms with Gasteiger partial charge in [0.2, 0.25) is 0 Å². The van der Waals surface area contributed by atoms with Crippen LogP contribution in [0.4, 0.5) is 0 Å². The van der Waals surface area contributed by atoms with Crippen molar-refractivity contribution in [1.82, 2.24) is 4.90 Å². The first kappa shape index (κ1) is 14.7. The summed E-state index contributed by atoms with van der Waals surface area (Å²) in [6.45, 7) is -0.0265. The fourth-order valence-corrected chi connectivity index (χ4v) is 3.11. The zero-order valence-electron chi connectivity index (χ0n) is 10.1. The van der Waals surface area contributed by atoms with Crippen molar-refractivity contribution in [2.75, 3.05) is 0 Å². The Balaban J connectivity index is 2.13. The van der Waals surface area contributed by atoms with E-state index in [1.807, 2.05) is 0 Å². The molecule has 1 aliphatic heterocycles. The van der Waals surface area contributed by atoms with Crippen molar-refractivity contribution in [3.05, 3.63) is 55.4 Å². The van der Waals surface area contributed by atoms with Crippen LogP contribution in [0.3, 0.4) is 0 Å². The lowest BCUT2D eigenvalue weighted by atomic mass is 10.1. The first-order valence-electron chi connectivity index (χ1n) is 5.68. The highest BCUT2D eigenvalue weighted by molar-refractivity contribution is 6.55. The van der Waals surface area contributed by atoms with Crippen LogP contribution < -0.4 is 0 Å². The van der Waals surface area contributed by atoms with E-state index < -0.39 is 11.8 Å². The number of hydrogen-bond donors (Lipinski definition) is 0. The molecule has 0 N–H and O–H groups in total. The normalized spacial score (nSPS) is 14.0. The van der Waals surface area contributed by atoms with E-state index in [0.29, 0.717) is 5.76 Å². The van der Waals surface area contributed by atoms with Crippen molar-refractivity contribution in [2.24, 2.45) is 0 Å². The molecule has 0 atom stereocenters. The van der Waals surface area contributed by atoms with Gasteiger partial charge in [-0.25, -0.2) is 0 Å². The molecule has 2 aromatic rings. The molecule has 108 valence electrons. The van der Waals surface area contributed by atoms with E-state index in [2.05, 4.69) is 0 Å². The Morgan fingerprint density at radius 3 is 1.86 bits per heavy atom. The maximum atomic E-state index is 12.4. The summed E-state index contributed by atoms with van der Waals surface area (Å²) in [7, 11) is 0. The Kier molecular flexibility index (Phi) is 3.66. The van der Waals surface area contributed by atoms with Gasteiger partial charge in [-0.3, -0.25) is 14.5 Å². The number of rotatable bonds is 2. The Labute approximate surface area is 139 Å². The van der Waals surface area contributed by atoms with Gasteiger partial charge < -0.3 is 4.42 Å². The lowest BCUT2D eigenvalue weighted by Crippen LogP contribution is -2.29. The molecule has 1 aliphatic rings. The zero-order valence-corrected chi connectivity index (χ0v) is 13.1. The van der Waals surface area contributed by atoms with Crippen LogP contribution >= 0.6 is 46.4 Å². The van der Waals surface area contributed by atoms with E-state index in [0.717, 1.165) is 4.90 Å². The molecular formula is C13H5Cl4NO3. The number of nitrogens with zero attached hydrogens (tertiary/aromatic N) is 1. The highest BCUT2D eigenvalue weighted by atomic mass is 35.5. The molecule has 1 aromatic carbocycles. The monoisotopic (exact) mass is 363 g/mol. The van der Waals surface area contributed by atoms with E-state index in [-0.39, 0.29) is 37.8 Å². The minimum Gasteiger partial charge on any atom is -0.467 e. The van der Waals surface area contributed by atoms with Crippen LogP contribution in [0.25, 0.3) is 0 Å². The smallest absolute Gasteiger partial charge is 0.263 e. The van der Waals surface area contributed by atoms with E-state index in [1.54, 1.807) is 12.1 Å². The Bertz CT molecular complexity index is 723. The van der Waals surface area contributed by atoms with Crippen molar-refractivity contribution in [2.45, 2.75) is 6.54 Å². The molecule has 0 spiro atoms. The molecular weight excluding hydrogens is 360 g/mol. The highest BCUT2D eigenvalue weighted by Gasteiger charge is 2.41. The molecule has 0 aliphatic carbocycles. The molecule has 2 heterocycles. The largest absolute Gasteiger partial charge is 0.467 e. The summed E-state index contributed by atoms with van der Waals surface area (Å²) < 4.78 is 5.13. The molecule has 0 unspecified atom stereocenters. The van der Waals surface area contributed by atoms with Gasteiger partial charge in [-0.2, -0.15) is 0 Å². The van der Waals surface area contributed by atoms with Gasteiger partial charge in [0.1, 0.15) is 5.76 Å². The molecule has 0 fully saturated rings. The molecule has 1 aromatic heterocycles. The van der Waals surface area contributed by atoms with Crippen molar-refractivity contribution in [3.63, 3.8) is 0 Å². The van der Waals surface area contributed by atoms with Crippen molar-refractivity contribution < 1.29 is 14.0 Å². The summed E-state index contributed by atoms with van der Waals surface area (Å²) in [5.74, 6) is -0.720. The minimum atomic E-state index is -0.586. The minimum absolute atomic E-state index is 0.0265. The quantitative estimate of drug-likeness (QED) is 0.441. The second kappa shape index (κ2) is 5.21. The summed E-state index contributed by atoms with van der Waals surface area (Å²) in [4.78, 5) is 25.8. The molecule has 4 nitrogen and oxygen atoms in total. The summed E-state index contributed by atoms with van der Waals surface area (Å²) in [5.41, 5.74) is -0.0692. The zero-order chi connectivity index (χ0) is 15.3. The molecule has 21 heavy (non-hydrogen) atoms. The van der Waals surface area contributed by atoms with E-state index >= 15 is 0 Å². The van der Waals surface area contributed by atoms with Gasteiger partial charge in [-0.15, -0.1) is 0 Å². The fraction of sp³-hybridized carbons (Fsp3) is 0.0769. The van der Waals surface area contributed by atoms with Crippen molar-refractivity contribution in [1.29, 1.82) is 0 Å². The van der Waals surface area contributed by atoms with Gasteiger partial charge in [-0.1, -0.05) is 46.4 Å². The third kappa shape index (κ3) is 2.14. The van der Waals surface area contributed by atoms with Crippen molar-refractivity contribution >= 4 is 58.2 Å². The number of furan rings is 1. The standard InChI is InChI=1S/C13H5Cl4NO3/c14-8-6-7(9(15)11(17)10(8)16)13(20)18(12(6)19)4-5-2-1-3-21-5/h1-3H,4H2. The average Bonchev–Trinajstić information content (AvgIpc) is 3.05. The van der Waals surface area contributed by atoms with Crippen molar-refractivity contribution in [3.8, 4) is 0 Å². The lowest BCUT2D eigenvalue weighted by molar-refractivity contribution is 0.0631. The van der Waals surface area contributed by atoms with E-state index in [1.165, 1.54) is 6.26 Å². The van der Waals surface area contributed by atoms with E-state index in [9.17, 15) is 9.59 Å². The number of fused-ring (bicyclic) bond motifs is 1. The molecule has 0 radical (unpaired) electrons. The predicted molar refractivity (Wildman–Crippen MR) is 79.4 cm³/mol. The summed E-state index contributed by atoms with van der Waals surface area (Å²) in [5, 5.41) is -0.270. The second-order valence-corrected chi connectivity index (χ2v) is 5.79. The SMILES string of the molecule is O=C1c2c(Cl)c(Cl)c(Cl)c(Cl)c2C(=O)N1Cc1ccco1. The molecule has 0 bridgehead atoms. The van der Waals surface area contributed by atoms with Crippen LogP contribution in [-0.2, 0) is 6.54 Å².